The minimum atomic E-state index is -0.0955. The van der Waals surface area contributed by atoms with Gasteiger partial charge in [-0.2, -0.15) is 10.2 Å². The Morgan fingerprint density at radius 1 is 0.773 bits per heavy atom. The third-order valence-electron chi connectivity index (χ3n) is 3.54. The Morgan fingerprint density at radius 3 is 1.95 bits per heavy atom. The van der Waals surface area contributed by atoms with Gasteiger partial charge >= 0.3 is 0 Å². The van der Waals surface area contributed by atoms with Crippen LogP contribution in [0, 0.1) is 0 Å². The van der Waals surface area contributed by atoms with E-state index in [1.54, 1.807) is 24.9 Å². The van der Waals surface area contributed by atoms with Gasteiger partial charge in [-0.05, 0) is 29.8 Å². The molecule has 0 fully saturated rings. The van der Waals surface area contributed by atoms with Crippen molar-refractivity contribution in [1.82, 2.24) is 29.1 Å². The van der Waals surface area contributed by atoms with E-state index >= 15 is 0 Å². The second-order valence-corrected chi connectivity index (χ2v) is 4.91. The number of nitrogens with zero attached hydrogens (tertiary/aromatic N) is 6. The number of aromatic nitrogens is 6. The molecule has 0 aliphatic heterocycles. The highest BCUT2D eigenvalue weighted by atomic mass is 15.4. The van der Waals surface area contributed by atoms with E-state index in [0.717, 1.165) is 11.3 Å². The van der Waals surface area contributed by atoms with E-state index < -0.39 is 0 Å². The van der Waals surface area contributed by atoms with Crippen LogP contribution < -0.4 is 0 Å². The summed E-state index contributed by atoms with van der Waals surface area (Å²) in [6, 6.07) is 12.1. The van der Waals surface area contributed by atoms with Crippen molar-refractivity contribution < 1.29 is 0 Å². The van der Waals surface area contributed by atoms with Crippen LogP contribution in [-0.4, -0.2) is 29.1 Å². The lowest BCUT2D eigenvalue weighted by Gasteiger charge is -2.19. The first kappa shape index (κ1) is 12.6. The van der Waals surface area contributed by atoms with Gasteiger partial charge in [-0.15, -0.1) is 0 Å². The molecule has 0 radical (unpaired) electrons. The normalized spacial score (nSPS) is 11.1. The Morgan fingerprint density at radius 2 is 1.45 bits per heavy atom. The van der Waals surface area contributed by atoms with Gasteiger partial charge in [-0.3, -0.25) is 0 Å². The van der Waals surface area contributed by atoms with Gasteiger partial charge in [-0.25, -0.2) is 14.3 Å². The number of benzene rings is 1. The van der Waals surface area contributed by atoms with Crippen LogP contribution in [0.1, 0.15) is 11.7 Å². The molecule has 0 saturated heterocycles. The number of hydrogen-bond donors (Lipinski definition) is 0. The lowest BCUT2D eigenvalue weighted by atomic mass is 10.1. The van der Waals surface area contributed by atoms with Gasteiger partial charge < -0.3 is 4.57 Å². The topological polar surface area (TPSA) is 53.5 Å². The van der Waals surface area contributed by atoms with Crippen LogP contribution in [0.3, 0.4) is 0 Å². The van der Waals surface area contributed by atoms with E-state index in [0.29, 0.717) is 0 Å². The quantitative estimate of drug-likeness (QED) is 0.580. The Bertz CT molecular complexity index is 779. The highest BCUT2D eigenvalue weighted by Crippen LogP contribution is 2.20. The average Bonchev–Trinajstić information content (AvgIpc) is 3.32. The van der Waals surface area contributed by atoms with Crippen LogP contribution in [0.15, 0.2) is 79.9 Å². The Labute approximate surface area is 127 Å². The smallest absolute Gasteiger partial charge is 0.168 e. The first-order chi connectivity index (χ1) is 10.9. The molecule has 108 valence electrons. The van der Waals surface area contributed by atoms with Gasteiger partial charge in [0.05, 0.1) is 6.33 Å². The van der Waals surface area contributed by atoms with Crippen molar-refractivity contribution in [3.8, 4) is 5.69 Å². The summed E-state index contributed by atoms with van der Waals surface area (Å²) >= 11 is 0. The zero-order valence-corrected chi connectivity index (χ0v) is 11.8. The molecular weight excluding hydrogens is 276 g/mol. The molecule has 0 aliphatic rings. The van der Waals surface area contributed by atoms with E-state index in [-0.39, 0.29) is 6.17 Å². The SMILES string of the molecule is c1cnn(C(c2ccc(-n3ccnc3)cc2)n2cccn2)c1. The molecule has 6 heteroatoms. The van der Waals surface area contributed by atoms with E-state index in [1.165, 1.54) is 0 Å². The van der Waals surface area contributed by atoms with Crippen LogP contribution in [0.25, 0.3) is 5.69 Å². The maximum Gasteiger partial charge on any atom is 0.168 e. The monoisotopic (exact) mass is 290 g/mol. The van der Waals surface area contributed by atoms with E-state index in [1.807, 2.05) is 44.7 Å². The fourth-order valence-electron chi connectivity index (χ4n) is 2.51. The molecule has 4 rings (SSSR count). The summed E-state index contributed by atoms with van der Waals surface area (Å²) in [4.78, 5) is 4.07. The maximum absolute atomic E-state index is 4.36. The average molecular weight is 290 g/mol. The third-order valence-corrected chi connectivity index (χ3v) is 3.54. The molecule has 22 heavy (non-hydrogen) atoms. The van der Waals surface area contributed by atoms with Gasteiger partial charge in [0.15, 0.2) is 6.17 Å². The predicted octanol–water partition coefficient (Wildman–Crippen LogP) is 2.36. The lowest BCUT2D eigenvalue weighted by molar-refractivity contribution is 0.419. The van der Waals surface area contributed by atoms with Crippen molar-refractivity contribution in [3.05, 3.63) is 85.5 Å². The van der Waals surface area contributed by atoms with Crippen molar-refractivity contribution in [2.24, 2.45) is 0 Å². The fraction of sp³-hybridized carbons (Fsp3) is 0.0625. The van der Waals surface area contributed by atoms with Crippen LogP contribution in [0.2, 0.25) is 0 Å². The Hall–Kier alpha value is -3.15. The van der Waals surface area contributed by atoms with E-state index in [4.69, 9.17) is 0 Å². The summed E-state index contributed by atoms with van der Waals surface area (Å²) in [5.41, 5.74) is 2.18. The fourth-order valence-corrected chi connectivity index (χ4v) is 2.51. The second-order valence-electron chi connectivity index (χ2n) is 4.91. The minimum Gasteiger partial charge on any atom is -0.306 e. The highest BCUT2D eigenvalue weighted by molar-refractivity contribution is 5.35. The van der Waals surface area contributed by atoms with Crippen LogP contribution in [-0.2, 0) is 0 Å². The van der Waals surface area contributed by atoms with Crippen LogP contribution in [0.5, 0.6) is 0 Å². The second kappa shape index (κ2) is 5.33. The molecule has 6 nitrogen and oxygen atoms in total. The summed E-state index contributed by atoms with van der Waals surface area (Å²) in [5, 5.41) is 8.72. The summed E-state index contributed by atoms with van der Waals surface area (Å²) in [5.74, 6) is 0. The summed E-state index contributed by atoms with van der Waals surface area (Å²) in [7, 11) is 0. The number of imidazole rings is 1. The molecule has 0 amide bonds. The molecule has 0 unspecified atom stereocenters. The molecule has 4 aromatic rings. The lowest BCUT2D eigenvalue weighted by Crippen LogP contribution is -2.20. The molecule has 0 atom stereocenters. The first-order valence-corrected chi connectivity index (χ1v) is 6.98. The van der Waals surface area contributed by atoms with Gasteiger partial charge in [0.1, 0.15) is 0 Å². The molecule has 0 N–H and O–H groups in total. The molecule has 0 aliphatic carbocycles. The van der Waals surface area contributed by atoms with Crippen molar-refractivity contribution in [2.45, 2.75) is 6.17 Å². The van der Waals surface area contributed by atoms with Gasteiger partial charge in [0.25, 0.3) is 0 Å². The molecule has 3 aromatic heterocycles. The largest absolute Gasteiger partial charge is 0.306 e. The summed E-state index contributed by atoms with van der Waals surface area (Å²) < 4.78 is 5.75. The van der Waals surface area contributed by atoms with Crippen molar-refractivity contribution in [2.75, 3.05) is 0 Å². The standard InChI is InChI=1S/C16H14N6/c1-7-18-21(10-1)16(22-11-2-8-19-22)14-3-5-15(6-4-14)20-12-9-17-13-20/h1-13,16H. The molecule has 0 bridgehead atoms. The summed E-state index contributed by atoms with van der Waals surface area (Å²) in [6.45, 7) is 0. The summed E-state index contributed by atoms with van der Waals surface area (Å²) in [6.07, 6.45) is 12.8. The Kier molecular flexibility index (Phi) is 3.05. The van der Waals surface area contributed by atoms with Crippen molar-refractivity contribution in [3.63, 3.8) is 0 Å². The molecular formula is C16H14N6. The zero-order chi connectivity index (χ0) is 14.8. The predicted molar refractivity (Wildman–Crippen MR) is 81.6 cm³/mol. The maximum atomic E-state index is 4.36. The van der Waals surface area contributed by atoms with Gasteiger partial charge in [0.2, 0.25) is 0 Å². The minimum absolute atomic E-state index is 0.0955. The molecule has 3 heterocycles. The van der Waals surface area contributed by atoms with E-state index in [2.05, 4.69) is 39.4 Å². The zero-order valence-electron chi connectivity index (χ0n) is 11.8. The number of rotatable bonds is 4. The van der Waals surface area contributed by atoms with Gasteiger partial charge in [0, 0.05) is 42.9 Å². The first-order valence-electron chi connectivity index (χ1n) is 6.98. The van der Waals surface area contributed by atoms with Crippen molar-refractivity contribution >= 4 is 0 Å². The third kappa shape index (κ3) is 2.20. The molecule has 0 saturated carbocycles. The molecule has 0 spiro atoms. The van der Waals surface area contributed by atoms with Crippen LogP contribution in [0.4, 0.5) is 0 Å². The van der Waals surface area contributed by atoms with Crippen molar-refractivity contribution in [1.29, 1.82) is 0 Å². The Balaban J connectivity index is 1.74. The van der Waals surface area contributed by atoms with E-state index in [9.17, 15) is 0 Å². The highest BCUT2D eigenvalue weighted by Gasteiger charge is 2.16. The molecule has 1 aromatic carbocycles. The van der Waals surface area contributed by atoms with Gasteiger partial charge in [-0.1, -0.05) is 12.1 Å². The number of hydrogen-bond acceptors (Lipinski definition) is 3. The van der Waals surface area contributed by atoms with Crippen LogP contribution >= 0.6 is 0 Å².